The van der Waals surface area contributed by atoms with Crippen molar-refractivity contribution in [2.24, 2.45) is 0 Å². The third-order valence-electron chi connectivity index (χ3n) is 0.500. The number of hydrogen-bond acceptors (Lipinski definition) is 0. The van der Waals surface area contributed by atoms with E-state index in [1.807, 2.05) is 41.5 Å². The monoisotopic (exact) mass is 164 g/mol. The molecule has 0 bridgehead atoms. The molecule has 0 aromatic rings. The molecule has 0 rings (SSSR count). The van der Waals surface area contributed by atoms with Gasteiger partial charge in [0, 0.05) is 0 Å². The molecule has 0 heteroatoms. The van der Waals surface area contributed by atoms with Crippen LogP contribution in [0.2, 0.25) is 0 Å². The summed E-state index contributed by atoms with van der Waals surface area (Å²) in [6.45, 7) is 16.4. The second-order valence-electron chi connectivity index (χ2n) is 1.000. The lowest BCUT2D eigenvalue weighted by Crippen LogP contribution is -1.47. The first-order chi connectivity index (χ1) is 4.91. The van der Waals surface area contributed by atoms with Gasteiger partial charge in [-0.2, -0.15) is 0 Å². The molecule has 0 nitrogen and oxygen atoms in total. The summed E-state index contributed by atoms with van der Waals surface area (Å²) >= 11 is 0. The van der Waals surface area contributed by atoms with Crippen molar-refractivity contribution in [2.75, 3.05) is 0 Å². The Morgan fingerprint density at radius 3 is 0.636 bits per heavy atom. The molecule has 0 spiro atoms. The SMILES string of the molecule is C.CC.CC.CC.CCCC. The van der Waals surface area contributed by atoms with Gasteiger partial charge in [0.1, 0.15) is 0 Å². The summed E-state index contributed by atoms with van der Waals surface area (Å²) in [5, 5.41) is 0. The van der Waals surface area contributed by atoms with Crippen LogP contribution in [0.15, 0.2) is 0 Å². The maximum Gasteiger partial charge on any atom is -0.0564 e. The Labute approximate surface area is 76.4 Å². The van der Waals surface area contributed by atoms with Gasteiger partial charge in [0.05, 0.1) is 0 Å². The maximum absolute atomic E-state index is 2.18. The Morgan fingerprint density at radius 1 is 0.545 bits per heavy atom. The summed E-state index contributed by atoms with van der Waals surface area (Å²) in [6, 6.07) is 0. The van der Waals surface area contributed by atoms with Crippen LogP contribution in [-0.2, 0) is 0 Å². The van der Waals surface area contributed by atoms with Gasteiger partial charge >= 0.3 is 0 Å². The van der Waals surface area contributed by atoms with Gasteiger partial charge in [0.15, 0.2) is 0 Å². The van der Waals surface area contributed by atoms with Crippen LogP contribution in [0.3, 0.4) is 0 Å². The molecular weight excluding hydrogens is 132 g/mol. The number of unbranched alkanes of at least 4 members (excludes halogenated alkanes) is 1. The maximum atomic E-state index is 2.18. The fourth-order valence-electron chi connectivity index (χ4n) is 0. The van der Waals surface area contributed by atoms with Crippen molar-refractivity contribution in [3.05, 3.63) is 0 Å². The molecule has 76 valence electrons. The standard InChI is InChI=1S/C4H10.3C2H6.CH4/c1-3-4-2;3*1-2;/h3-4H2,1-2H3;3*1-2H3;1H4. The average molecular weight is 164 g/mol. The molecule has 0 radical (unpaired) electrons. The Morgan fingerprint density at radius 2 is 0.636 bits per heavy atom. The van der Waals surface area contributed by atoms with Crippen molar-refractivity contribution in [1.29, 1.82) is 0 Å². The van der Waals surface area contributed by atoms with Crippen LogP contribution in [0.1, 0.15) is 75.7 Å². The van der Waals surface area contributed by atoms with Crippen molar-refractivity contribution in [2.45, 2.75) is 75.7 Å². The van der Waals surface area contributed by atoms with Gasteiger partial charge in [-0.3, -0.25) is 0 Å². The molecule has 0 atom stereocenters. The van der Waals surface area contributed by atoms with Crippen LogP contribution >= 0.6 is 0 Å². The van der Waals surface area contributed by atoms with E-state index in [1.165, 1.54) is 12.8 Å². The highest BCUT2D eigenvalue weighted by Crippen LogP contribution is 1.76. The minimum atomic E-state index is 0. The summed E-state index contributed by atoms with van der Waals surface area (Å²) in [5.74, 6) is 0. The fourth-order valence-corrected chi connectivity index (χ4v) is 0. The quantitative estimate of drug-likeness (QED) is 0.478. The first kappa shape index (κ1) is 30.6. The average Bonchev–Trinajstić information content (AvgIpc) is 2.14. The van der Waals surface area contributed by atoms with Gasteiger partial charge in [0.2, 0.25) is 0 Å². The largest absolute Gasteiger partial charge is 0.0776 e. The molecule has 0 amide bonds. The molecule has 0 aliphatic heterocycles. The van der Waals surface area contributed by atoms with E-state index in [4.69, 9.17) is 0 Å². The lowest BCUT2D eigenvalue weighted by molar-refractivity contribution is 0.886. The third-order valence-corrected chi connectivity index (χ3v) is 0.500. The third kappa shape index (κ3) is 640. The minimum Gasteiger partial charge on any atom is -0.0776 e. The predicted molar refractivity (Wildman–Crippen MR) is 61.4 cm³/mol. The fraction of sp³-hybridized carbons (Fsp3) is 1.00. The van der Waals surface area contributed by atoms with E-state index in [1.54, 1.807) is 0 Å². The Hall–Kier alpha value is 0. The van der Waals surface area contributed by atoms with Crippen LogP contribution in [0, 0.1) is 0 Å². The number of hydrogen-bond donors (Lipinski definition) is 0. The molecular formula is C11H32. The molecule has 0 aromatic carbocycles. The summed E-state index contributed by atoms with van der Waals surface area (Å²) in [4.78, 5) is 0. The molecule has 0 saturated carbocycles. The summed E-state index contributed by atoms with van der Waals surface area (Å²) < 4.78 is 0. The smallest absolute Gasteiger partial charge is 0.0564 e. The summed E-state index contributed by atoms with van der Waals surface area (Å²) in [5.41, 5.74) is 0. The lowest BCUT2D eigenvalue weighted by Gasteiger charge is -1.68. The van der Waals surface area contributed by atoms with Crippen LogP contribution in [0.25, 0.3) is 0 Å². The highest BCUT2D eigenvalue weighted by molar-refractivity contribution is 4.12. The van der Waals surface area contributed by atoms with E-state index in [2.05, 4.69) is 13.8 Å². The molecule has 0 fully saturated rings. The number of rotatable bonds is 1. The van der Waals surface area contributed by atoms with Gasteiger partial charge in [0.25, 0.3) is 0 Å². The van der Waals surface area contributed by atoms with Crippen LogP contribution in [0.5, 0.6) is 0 Å². The van der Waals surface area contributed by atoms with E-state index < -0.39 is 0 Å². The Balaban J connectivity index is -0.0000000152. The molecule has 0 aliphatic carbocycles. The van der Waals surface area contributed by atoms with Crippen LogP contribution in [0.4, 0.5) is 0 Å². The first-order valence-electron chi connectivity index (χ1n) is 4.91. The summed E-state index contributed by atoms with van der Waals surface area (Å²) in [6.07, 6.45) is 2.64. The molecule has 0 heterocycles. The van der Waals surface area contributed by atoms with E-state index in [-0.39, 0.29) is 7.43 Å². The zero-order valence-corrected chi connectivity index (χ0v) is 9.41. The second-order valence-corrected chi connectivity index (χ2v) is 1.000. The molecule has 0 aliphatic rings. The van der Waals surface area contributed by atoms with Gasteiger partial charge < -0.3 is 0 Å². The van der Waals surface area contributed by atoms with Gasteiger partial charge in [-0.05, 0) is 0 Å². The van der Waals surface area contributed by atoms with Crippen LogP contribution in [-0.4, -0.2) is 0 Å². The Kier molecular flexibility index (Phi) is 562. The van der Waals surface area contributed by atoms with E-state index in [9.17, 15) is 0 Å². The molecule has 0 saturated heterocycles. The zero-order valence-electron chi connectivity index (χ0n) is 9.41. The van der Waals surface area contributed by atoms with E-state index >= 15 is 0 Å². The van der Waals surface area contributed by atoms with E-state index in [0.717, 1.165) is 0 Å². The molecule has 0 aromatic heterocycles. The first-order valence-corrected chi connectivity index (χ1v) is 4.91. The molecule has 11 heavy (non-hydrogen) atoms. The van der Waals surface area contributed by atoms with Crippen LogP contribution < -0.4 is 0 Å². The minimum absolute atomic E-state index is 0. The zero-order chi connectivity index (χ0) is 9.41. The molecule has 0 N–H and O–H groups in total. The van der Waals surface area contributed by atoms with Crippen molar-refractivity contribution < 1.29 is 0 Å². The van der Waals surface area contributed by atoms with Gasteiger partial charge in [-0.25, -0.2) is 0 Å². The second kappa shape index (κ2) is 202. The summed E-state index contributed by atoms with van der Waals surface area (Å²) in [7, 11) is 0. The normalized spacial score (nSPS) is 4.36. The van der Waals surface area contributed by atoms with E-state index in [0.29, 0.717) is 0 Å². The predicted octanol–water partition coefficient (Wildman–Crippen LogP) is 5.52. The topological polar surface area (TPSA) is 0 Å². The highest BCUT2D eigenvalue weighted by Gasteiger charge is 1.56. The van der Waals surface area contributed by atoms with Gasteiger partial charge in [-0.1, -0.05) is 75.7 Å². The lowest BCUT2D eigenvalue weighted by atomic mass is 10.4. The highest BCUT2D eigenvalue weighted by atomic mass is 13.6. The van der Waals surface area contributed by atoms with Gasteiger partial charge in [-0.15, -0.1) is 0 Å². The Bertz CT molecular complexity index is 2.00. The van der Waals surface area contributed by atoms with Crippen molar-refractivity contribution in [3.63, 3.8) is 0 Å². The molecule has 0 unspecified atom stereocenters. The van der Waals surface area contributed by atoms with Crippen molar-refractivity contribution >= 4 is 0 Å². The van der Waals surface area contributed by atoms with Crippen molar-refractivity contribution in [1.82, 2.24) is 0 Å². The van der Waals surface area contributed by atoms with Crippen molar-refractivity contribution in [3.8, 4) is 0 Å².